The normalized spacial score (nSPS) is 11.1. The van der Waals surface area contributed by atoms with E-state index in [0.29, 0.717) is 18.7 Å². The molecule has 0 aliphatic rings. The highest BCUT2D eigenvalue weighted by atomic mass is 19.1. The molecular weight excluding hydrogens is 273 g/mol. The van der Waals surface area contributed by atoms with Crippen molar-refractivity contribution in [3.63, 3.8) is 0 Å². The number of halogens is 1. The van der Waals surface area contributed by atoms with Gasteiger partial charge in [0, 0.05) is 0 Å². The average Bonchev–Trinajstić information content (AvgIpc) is 2.75. The molecule has 2 rings (SSSR count). The van der Waals surface area contributed by atoms with Gasteiger partial charge in [-0.3, -0.25) is 0 Å². The first-order chi connectivity index (χ1) is 9.88. The Kier molecular flexibility index (Phi) is 4.35. The van der Waals surface area contributed by atoms with Gasteiger partial charge in [0.1, 0.15) is 5.82 Å². The molecule has 0 aliphatic carbocycles. The van der Waals surface area contributed by atoms with Crippen LogP contribution in [-0.4, -0.2) is 26.1 Å². The molecule has 1 heterocycles. The molecule has 2 aromatic rings. The molecule has 0 saturated heterocycles. The van der Waals surface area contributed by atoms with Crippen molar-refractivity contribution in [3.8, 4) is 0 Å². The van der Waals surface area contributed by atoms with Crippen LogP contribution in [0.15, 0.2) is 18.2 Å². The Morgan fingerprint density at radius 1 is 1.43 bits per heavy atom. The number of carbonyl (C=O) groups is 1. The minimum absolute atomic E-state index is 0.0107. The largest absolute Gasteiger partial charge is 0.476 e. The lowest BCUT2D eigenvalue weighted by Crippen LogP contribution is -2.12. The van der Waals surface area contributed by atoms with Crippen LogP contribution in [0.5, 0.6) is 0 Å². The third kappa shape index (κ3) is 3.45. The molecule has 6 heteroatoms. The van der Waals surface area contributed by atoms with E-state index in [2.05, 4.69) is 10.3 Å². The van der Waals surface area contributed by atoms with Crippen LogP contribution in [0.4, 0.5) is 4.39 Å². The van der Waals surface area contributed by atoms with Crippen LogP contribution >= 0.6 is 0 Å². The van der Waals surface area contributed by atoms with E-state index >= 15 is 0 Å². The number of carboxylic acids is 1. The maximum absolute atomic E-state index is 13.1. The van der Waals surface area contributed by atoms with E-state index in [0.717, 1.165) is 11.1 Å². The van der Waals surface area contributed by atoms with E-state index in [-0.39, 0.29) is 17.4 Å². The number of aromatic carboxylic acids is 1. The molecule has 21 heavy (non-hydrogen) atoms. The van der Waals surface area contributed by atoms with Crippen molar-refractivity contribution in [2.45, 2.75) is 33.7 Å². The third-order valence-electron chi connectivity index (χ3n) is 3.27. The van der Waals surface area contributed by atoms with Crippen LogP contribution in [0.1, 0.15) is 41.2 Å². The Hall–Kier alpha value is -2.24. The molecule has 0 aliphatic heterocycles. The fourth-order valence-electron chi connectivity index (χ4n) is 2.21. The number of benzene rings is 1. The number of aryl methyl sites for hydroxylation is 1. The summed E-state index contributed by atoms with van der Waals surface area (Å²) in [6.45, 7) is 6.21. The van der Waals surface area contributed by atoms with Crippen molar-refractivity contribution in [2.24, 2.45) is 5.92 Å². The van der Waals surface area contributed by atoms with Gasteiger partial charge >= 0.3 is 5.97 Å². The lowest BCUT2D eigenvalue weighted by atomic mass is 10.1. The number of aromatic nitrogens is 3. The molecule has 5 nitrogen and oxygen atoms in total. The minimum Gasteiger partial charge on any atom is -0.476 e. The lowest BCUT2D eigenvalue weighted by Gasteiger charge is -2.11. The molecule has 112 valence electrons. The van der Waals surface area contributed by atoms with Gasteiger partial charge in [-0.05, 0) is 42.5 Å². The number of hydrogen-bond acceptors (Lipinski definition) is 3. The number of hydrogen-bond donors (Lipinski definition) is 1. The Bertz CT molecular complexity index is 665. The molecule has 0 radical (unpaired) electrons. The van der Waals surface area contributed by atoms with Crippen LogP contribution < -0.4 is 0 Å². The van der Waals surface area contributed by atoms with Crippen LogP contribution in [0, 0.1) is 18.7 Å². The predicted octanol–water partition coefficient (Wildman–Crippen LogP) is 2.67. The fourth-order valence-corrected chi connectivity index (χ4v) is 2.21. The minimum atomic E-state index is -1.08. The first-order valence-electron chi connectivity index (χ1n) is 6.79. The first-order valence-corrected chi connectivity index (χ1v) is 6.79. The van der Waals surface area contributed by atoms with E-state index in [9.17, 15) is 14.3 Å². The predicted molar refractivity (Wildman–Crippen MR) is 75.8 cm³/mol. The summed E-state index contributed by atoms with van der Waals surface area (Å²) in [5.41, 5.74) is 2.28. The Balaban J connectivity index is 2.37. The van der Waals surface area contributed by atoms with Crippen molar-refractivity contribution in [1.82, 2.24) is 15.0 Å². The molecule has 1 aromatic heterocycles. The molecule has 0 saturated carbocycles. The van der Waals surface area contributed by atoms with Gasteiger partial charge in [-0.2, -0.15) is 0 Å². The van der Waals surface area contributed by atoms with Crippen LogP contribution in [0.25, 0.3) is 0 Å². The summed E-state index contributed by atoms with van der Waals surface area (Å²) in [7, 11) is 0. The standard InChI is InChI=1S/C15H18FN3O2/c1-9(2)6-13-14(15(20)21)17-18-19(13)8-11-4-5-12(16)7-10(11)3/h4-5,7,9H,6,8H2,1-3H3,(H,20,21). The SMILES string of the molecule is Cc1cc(F)ccc1Cn1nnc(C(=O)O)c1CC(C)C. The first kappa shape index (κ1) is 15.2. The monoisotopic (exact) mass is 291 g/mol. The van der Waals surface area contributed by atoms with Crippen molar-refractivity contribution in [1.29, 1.82) is 0 Å². The van der Waals surface area contributed by atoms with Crippen LogP contribution in [-0.2, 0) is 13.0 Å². The molecule has 0 amide bonds. The van der Waals surface area contributed by atoms with E-state index in [4.69, 9.17) is 0 Å². The van der Waals surface area contributed by atoms with Gasteiger partial charge < -0.3 is 5.11 Å². The van der Waals surface area contributed by atoms with Gasteiger partial charge in [0.15, 0.2) is 5.69 Å². The van der Waals surface area contributed by atoms with Gasteiger partial charge in [-0.25, -0.2) is 13.9 Å². The summed E-state index contributed by atoms with van der Waals surface area (Å²) in [6, 6.07) is 4.53. The zero-order valence-corrected chi connectivity index (χ0v) is 12.3. The second kappa shape index (κ2) is 6.03. The molecule has 0 unspecified atom stereocenters. The summed E-state index contributed by atoms with van der Waals surface area (Å²) in [6.07, 6.45) is 0.578. The zero-order chi connectivity index (χ0) is 15.6. The Morgan fingerprint density at radius 2 is 2.14 bits per heavy atom. The summed E-state index contributed by atoms with van der Waals surface area (Å²) in [4.78, 5) is 11.2. The summed E-state index contributed by atoms with van der Waals surface area (Å²) >= 11 is 0. The summed E-state index contributed by atoms with van der Waals surface area (Å²) in [5, 5.41) is 16.9. The maximum Gasteiger partial charge on any atom is 0.358 e. The second-order valence-corrected chi connectivity index (χ2v) is 5.52. The highest BCUT2D eigenvalue weighted by Gasteiger charge is 2.20. The quantitative estimate of drug-likeness (QED) is 0.919. The van der Waals surface area contributed by atoms with Crippen molar-refractivity contribution in [2.75, 3.05) is 0 Å². The highest BCUT2D eigenvalue weighted by Crippen LogP contribution is 2.16. The topological polar surface area (TPSA) is 68.0 Å². The molecule has 0 fully saturated rings. The molecule has 1 N–H and O–H groups in total. The molecule has 1 aromatic carbocycles. The fraction of sp³-hybridized carbons (Fsp3) is 0.400. The number of carboxylic acid groups (broad SMARTS) is 1. The summed E-state index contributed by atoms with van der Waals surface area (Å²) < 4.78 is 14.7. The van der Waals surface area contributed by atoms with Gasteiger partial charge in [-0.15, -0.1) is 5.10 Å². The number of rotatable bonds is 5. The second-order valence-electron chi connectivity index (χ2n) is 5.52. The van der Waals surface area contributed by atoms with Crippen LogP contribution in [0.3, 0.4) is 0 Å². The average molecular weight is 291 g/mol. The molecule has 0 atom stereocenters. The molecule has 0 spiro atoms. The Labute approximate surface area is 122 Å². The van der Waals surface area contributed by atoms with Crippen LogP contribution in [0.2, 0.25) is 0 Å². The van der Waals surface area contributed by atoms with Crippen molar-refractivity contribution >= 4 is 5.97 Å². The van der Waals surface area contributed by atoms with E-state index in [1.165, 1.54) is 12.1 Å². The van der Waals surface area contributed by atoms with E-state index in [1.54, 1.807) is 10.7 Å². The third-order valence-corrected chi connectivity index (χ3v) is 3.27. The number of nitrogens with zero attached hydrogens (tertiary/aromatic N) is 3. The smallest absolute Gasteiger partial charge is 0.358 e. The van der Waals surface area contributed by atoms with Gasteiger partial charge in [-0.1, -0.05) is 25.1 Å². The summed E-state index contributed by atoms with van der Waals surface area (Å²) in [5.74, 6) is -1.08. The molecular formula is C15H18FN3O2. The van der Waals surface area contributed by atoms with Crippen molar-refractivity contribution < 1.29 is 14.3 Å². The van der Waals surface area contributed by atoms with Crippen molar-refractivity contribution in [3.05, 3.63) is 46.5 Å². The Morgan fingerprint density at radius 3 is 2.71 bits per heavy atom. The van der Waals surface area contributed by atoms with Gasteiger partial charge in [0.2, 0.25) is 0 Å². The zero-order valence-electron chi connectivity index (χ0n) is 12.3. The van der Waals surface area contributed by atoms with E-state index < -0.39 is 5.97 Å². The van der Waals surface area contributed by atoms with E-state index in [1.807, 2.05) is 20.8 Å². The van der Waals surface area contributed by atoms with Gasteiger partial charge in [0.25, 0.3) is 0 Å². The lowest BCUT2D eigenvalue weighted by molar-refractivity contribution is 0.0689. The molecule has 0 bridgehead atoms. The van der Waals surface area contributed by atoms with Gasteiger partial charge in [0.05, 0.1) is 12.2 Å². The highest BCUT2D eigenvalue weighted by molar-refractivity contribution is 5.86. The maximum atomic E-state index is 13.1.